The van der Waals surface area contributed by atoms with Crippen LogP contribution in [-0.4, -0.2) is 89.3 Å². The molecule has 4 fully saturated rings. The predicted octanol–water partition coefficient (Wildman–Crippen LogP) is 3.80. The highest BCUT2D eigenvalue weighted by atomic mass is 16.2. The molecule has 1 saturated carbocycles. The standard InChI is InChI=1S/C29H42N4O3/c1-28(2,3)16-25(34)32-19-23(24(20-32)22-8-6-5-7-9-22)18-31-14-12-29(13-15-31)26(35)30(4)27(36)33(29)17-21-10-11-21/h5-9,21,23-24H,10-20H2,1-4H3/t23-,24+/m0/s1. The van der Waals surface area contributed by atoms with Gasteiger partial charge in [0.1, 0.15) is 5.54 Å². The summed E-state index contributed by atoms with van der Waals surface area (Å²) in [4.78, 5) is 47.0. The second kappa shape index (κ2) is 9.47. The van der Waals surface area contributed by atoms with Crippen LogP contribution in [0.2, 0.25) is 0 Å². The molecule has 0 bridgehead atoms. The summed E-state index contributed by atoms with van der Waals surface area (Å²) in [6, 6.07) is 10.5. The molecule has 5 rings (SSSR count). The Labute approximate surface area is 215 Å². The van der Waals surface area contributed by atoms with Gasteiger partial charge in [0.2, 0.25) is 5.91 Å². The van der Waals surface area contributed by atoms with Crippen LogP contribution in [0.1, 0.15) is 64.4 Å². The van der Waals surface area contributed by atoms with Gasteiger partial charge in [0.15, 0.2) is 0 Å². The highest BCUT2D eigenvalue weighted by Gasteiger charge is 2.57. The minimum atomic E-state index is -0.659. The van der Waals surface area contributed by atoms with Crippen LogP contribution in [0.3, 0.4) is 0 Å². The van der Waals surface area contributed by atoms with E-state index >= 15 is 0 Å². The number of likely N-dealkylation sites (tertiary alicyclic amines) is 2. The molecule has 3 saturated heterocycles. The van der Waals surface area contributed by atoms with Gasteiger partial charge in [0.05, 0.1) is 0 Å². The third-order valence-corrected chi connectivity index (χ3v) is 8.75. The van der Waals surface area contributed by atoms with Crippen molar-refractivity contribution in [1.82, 2.24) is 19.6 Å². The van der Waals surface area contributed by atoms with Crippen LogP contribution in [0, 0.1) is 17.3 Å². The van der Waals surface area contributed by atoms with Crippen molar-refractivity contribution in [2.24, 2.45) is 17.3 Å². The maximum Gasteiger partial charge on any atom is 0.327 e. The lowest BCUT2D eigenvalue weighted by Gasteiger charge is -2.43. The number of rotatable bonds is 6. The topological polar surface area (TPSA) is 64.2 Å². The zero-order valence-corrected chi connectivity index (χ0v) is 22.4. The summed E-state index contributed by atoms with van der Waals surface area (Å²) in [7, 11) is 1.64. The molecule has 2 atom stereocenters. The first-order valence-corrected chi connectivity index (χ1v) is 13.7. The Balaban J connectivity index is 1.27. The lowest BCUT2D eigenvalue weighted by Crippen LogP contribution is -2.57. The number of carbonyl (C=O) groups excluding carboxylic acids is 3. The van der Waals surface area contributed by atoms with E-state index in [1.807, 2.05) is 11.0 Å². The molecule has 3 heterocycles. The van der Waals surface area contributed by atoms with Gasteiger partial charge in [-0.3, -0.25) is 14.5 Å². The molecule has 0 unspecified atom stereocenters. The first kappa shape index (κ1) is 25.2. The molecule has 1 aromatic rings. The van der Waals surface area contributed by atoms with Crippen LogP contribution in [-0.2, 0) is 9.59 Å². The third-order valence-electron chi connectivity index (χ3n) is 8.75. The molecule has 36 heavy (non-hydrogen) atoms. The normalized spacial score (nSPS) is 26.9. The van der Waals surface area contributed by atoms with Gasteiger partial charge < -0.3 is 14.7 Å². The maximum absolute atomic E-state index is 13.2. The van der Waals surface area contributed by atoms with Crippen molar-refractivity contribution in [1.29, 1.82) is 0 Å². The Morgan fingerprint density at radius 3 is 2.28 bits per heavy atom. The van der Waals surface area contributed by atoms with Gasteiger partial charge in [-0.15, -0.1) is 0 Å². The summed E-state index contributed by atoms with van der Waals surface area (Å²) >= 11 is 0. The van der Waals surface area contributed by atoms with Gasteiger partial charge >= 0.3 is 6.03 Å². The Bertz CT molecular complexity index is 992. The van der Waals surface area contributed by atoms with E-state index in [1.165, 1.54) is 10.5 Å². The van der Waals surface area contributed by atoms with Crippen LogP contribution in [0.25, 0.3) is 0 Å². The fraction of sp³-hybridized carbons (Fsp3) is 0.690. The summed E-state index contributed by atoms with van der Waals surface area (Å²) < 4.78 is 0. The largest absolute Gasteiger partial charge is 0.342 e. The minimum Gasteiger partial charge on any atom is -0.342 e. The molecule has 1 spiro atoms. The van der Waals surface area contributed by atoms with Crippen molar-refractivity contribution in [3.63, 3.8) is 0 Å². The van der Waals surface area contributed by atoms with Gasteiger partial charge in [-0.05, 0) is 48.5 Å². The van der Waals surface area contributed by atoms with E-state index in [0.717, 1.165) is 52.1 Å². The van der Waals surface area contributed by atoms with Gasteiger partial charge in [-0.1, -0.05) is 51.1 Å². The van der Waals surface area contributed by atoms with Crippen LogP contribution < -0.4 is 0 Å². The van der Waals surface area contributed by atoms with E-state index in [9.17, 15) is 14.4 Å². The molecule has 7 heteroatoms. The number of imide groups is 1. The molecule has 0 N–H and O–H groups in total. The van der Waals surface area contributed by atoms with E-state index in [2.05, 4.69) is 54.8 Å². The molecule has 196 valence electrons. The van der Waals surface area contributed by atoms with Gasteiger partial charge in [-0.25, -0.2) is 4.79 Å². The molecule has 1 aliphatic carbocycles. The first-order chi connectivity index (χ1) is 17.1. The van der Waals surface area contributed by atoms with Crippen molar-refractivity contribution >= 4 is 17.8 Å². The predicted molar refractivity (Wildman–Crippen MR) is 139 cm³/mol. The fourth-order valence-electron chi connectivity index (χ4n) is 6.51. The second-order valence-corrected chi connectivity index (χ2v) is 12.8. The van der Waals surface area contributed by atoms with Crippen molar-refractivity contribution in [2.45, 2.75) is 64.3 Å². The highest BCUT2D eigenvalue weighted by Crippen LogP contribution is 2.42. The van der Waals surface area contributed by atoms with Crippen molar-refractivity contribution in [3.8, 4) is 0 Å². The lowest BCUT2D eigenvalue weighted by molar-refractivity contribution is -0.135. The highest BCUT2D eigenvalue weighted by molar-refractivity contribution is 6.06. The van der Waals surface area contributed by atoms with Crippen molar-refractivity contribution in [3.05, 3.63) is 35.9 Å². The number of benzene rings is 1. The third kappa shape index (κ3) is 4.91. The SMILES string of the molecule is CN1C(=O)N(CC2CC2)C2(CCN(C[C@H]3CN(C(=O)CC(C)(C)C)C[C@@H]3c3ccccc3)CC2)C1=O. The van der Waals surface area contributed by atoms with Crippen LogP contribution in [0.5, 0.6) is 0 Å². The molecule has 1 aromatic carbocycles. The number of nitrogens with zero attached hydrogens (tertiary/aromatic N) is 4. The number of amides is 4. The Kier molecular flexibility index (Phi) is 6.64. The quantitative estimate of drug-likeness (QED) is 0.565. The zero-order chi connectivity index (χ0) is 25.7. The Morgan fingerprint density at radius 2 is 1.67 bits per heavy atom. The fourth-order valence-corrected chi connectivity index (χ4v) is 6.51. The molecule has 0 radical (unpaired) electrons. The van der Waals surface area contributed by atoms with Crippen molar-refractivity contribution < 1.29 is 14.4 Å². The number of hydrogen-bond acceptors (Lipinski definition) is 4. The number of hydrogen-bond donors (Lipinski definition) is 0. The van der Waals surface area contributed by atoms with Crippen LogP contribution >= 0.6 is 0 Å². The number of urea groups is 1. The monoisotopic (exact) mass is 494 g/mol. The van der Waals surface area contributed by atoms with E-state index in [0.29, 0.717) is 37.0 Å². The van der Waals surface area contributed by atoms with E-state index < -0.39 is 5.54 Å². The molecule has 4 aliphatic rings. The Morgan fingerprint density at radius 1 is 1.00 bits per heavy atom. The summed E-state index contributed by atoms with van der Waals surface area (Å²) in [6.45, 7) is 11.2. The van der Waals surface area contributed by atoms with Crippen molar-refractivity contribution in [2.75, 3.05) is 46.3 Å². The van der Waals surface area contributed by atoms with E-state index in [1.54, 1.807) is 7.05 Å². The molecule has 7 nitrogen and oxygen atoms in total. The number of carbonyl (C=O) groups is 3. The average Bonchev–Trinajstić information content (AvgIpc) is 3.54. The molecule has 4 amide bonds. The summed E-state index contributed by atoms with van der Waals surface area (Å²) in [6.07, 6.45) is 4.29. The average molecular weight is 495 g/mol. The van der Waals surface area contributed by atoms with Crippen LogP contribution in [0.15, 0.2) is 30.3 Å². The minimum absolute atomic E-state index is 0.0187. The first-order valence-electron chi connectivity index (χ1n) is 13.7. The second-order valence-electron chi connectivity index (χ2n) is 12.8. The van der Waals surface area contributed by atoms with Gasteiger partial charge in [-0.2, -0.15) is 0 Å². The molecular weight excluding hydrogens is 452 g/mol. The number of piperidine rings is 1. The van der Waals surface area contributed by atoms with E-state index in [4.69, 9.17) is 0 Å². The molecule has 3 aliphatic heterocycles. The van der Waals surface area contributed by atoms with Crippen LogP contribution in [0.4, 0.5) is 4.79 Å². The van der Waals surface area contributed by atoms with E-state index in [-0.39, 0.29) is 23.3 Å². The zero-order valence-electron chi connectivity index (χ0n) is 22.4. The smallest absolute Gasteiger partial charge is 0.327 e. The summed E-state index contributed by atoms with van der Waals surface area (Å²) in [5, 5.41) is 0. The summed E-state index contributed by atoms with van der Waals surface area (Å²) in [5.41, 5.74) is 0.619. The number of likely N-dealkylation sites (N-methyl/N-ethyl adjacent to an activating group) is 1. The maximum atomic E-state index is 13.2. The van der Waals surface area contributed by atoms with Gasteiger partial charge in [0.25, 0.3) is 5.91 Å². The Hall–Kier alpha value is -2.41. The molecule has 0 aromatic heterocycles. The lowest BCUT2D eigenvalue weighted by atomic mass is 9.84. The van der Waals surface area contributed by atoms with Gasteiger partial charge in [0, 0.05) is 58.7 Å². The summed E-state index contributed by atoms with van der Waals surface area (Å²) in [5.74, 6) is 1.46. The molecular formula is C29H42N4O3.